The van der Waals surface area contributed by atoms with Crippen molar-refractivity contribution in [1.29, 1.82) is 0 Å². The van der Waals surface area contributed by atoms with E-state index in [1.165, 1.54) is 12.8 Å². The van der Waals surface area contributed by atoms with Crippen LogP contribution in [-0.4, -0.2) is 42.5 Å². The average molecular weight is 232 g/mol. The van der Waals surface area contributed by atoms with Gasteiger partial charge in [-0.3, -0.25) is 4.79 Å². The molecule has 0 aromatic carbocycles. The van der Waals surface area contributed by atoms with Crippen molar-refractivity contribution in [3.63, 3.8) is 0 Å². The molecule has 0 N–H and O–H groups in total. The predicted molar refractivity (Wildman–Crippen MR) is 58.9 cm³/mol. The Morgan fingerprint density at radius 3 is 2.93 bits per heavy atom. The van der Waals surface area contributed by atoms with Gasteiger partial charge in [-0.25, -0.2) is 0 Å². The molecule has 0 aromatic rings. The van der Waals surface area contributed by atoms with Crippen LogP contribution in [0.1, 0.15) is 19.8 Å². The summed E-state index contributed by atoms with van der Waals surface area (Å²) >= 11 is 5.74. The Balaban J connectivity index is 1.88. The maximum absolute atomic E-state index is 12.1. The number of carbonyl (C=O) groups excluding carboxylic acids is 1. The van der Waals surface area contributed by atoms with Crippen LogP contribution in [0.2, 0.25) is 0 Å². The van der Waals surface area contributed by atoms with Crippen LogP contribution in [-0.2, 0) is 9.53 Å². The highest BCUT2D eigenvalue weighted by molar-refractivity contribution is 6.18. The largest absolute Gasteiger partial charge is 0.373 e. The Morgan fingerprint density at radius 1 is 1.60 bits per heavy atom. The minimum atomic E-state index is 0.0239. The molecule has 3 nitrogen and oxygen atoms in total. The molecule has 2 atom stereocenters. The molecule has 0 radical (unpaired) electrons. The minimum absolute atomic E-state index is 0.0239. The van der Waals surface area contributed by atoms with Gasteiger partial charge in [-0.05, 0) is 18.8 Å². The van der Waals surface area contributed by atoms with Crippen molar-refractivity contribution in [3.8, 4) is 0 Å². The highest BCUT2D eigenvalue weighted by atomic mass is 35.5. The number of morpholine rings is 1. The highest BCUT2D eigenvalue weighted by Crippen LogP contribution is 2.37. The van der Waals surface area contributed by atoms with E-state index in [4.69, 9.17) is 16.3 Å². The summed E-state index contributed by atoms with van der Waals surface area (Å²) in [6, 6.07) is 0. The lowest BCUT2D eigenvalue weighted by molar-refractivity contribution is -0.142. The average Bonchev–Trinajstić information content (AvgIpc) is 3.11. The van der Waals surface area contributed by atoms with Crippen molar-refractivity contribution in [1.82, 2.24) is 4.90 Å². The van der Waals surface area contributed by atoms with Gasteiger partial charge in [0.05, 0.1) is 18.6 Å². The number of ether oxygens (including phenoxy) is 1. The molecule has 1 aliphatic carbocycles. The van der Waals surface area contributed by atoms with Gasteiger partial charge >= 0.3 is 0 Å². The fourth-order valence-electron chi connectivity index (χ4n) is 2.10. The molecule has 0 bridgehead atoms. The van der Waals surface area contributed by atoms with Crippen molar-refractivity contribution < 1.29 is 9.53 Å². The van der Waals surface area contributed by atoms with Crippen LogP contribution in [0, 0.1) is 11.8 Å². The zero-order valence-electron chi connectivity index (χ0n) is 9.12. The quantitative estimate of drug-likeness (QED) is 0.689. The van der Waals surface area contributed by atoms with E-state index in [9.17, 15) is 4.79 Å². The third-order valence-corrected chi connectivity index (χ3v) is 3.69. The van der Waals surface area contributed by atoms with Crippen molar-refractivity contribution in [2.24, 2.45) is 11.8 Å². The Labute approximate surface area is 95.7 Å². The van der Waals surface area contributed by atoms with Gasteiger partial charge in [0, 0.05) is 19.0 Å². The number of hydrogen-bond acceptors (Lipinski definition) is 2. The summed E-state index contributed by atoms with van der Waals surface area (Å²) in [5.41, 5.74) is 0. The van der Waals surface area contributed by atoms with E-state index in [0.717, 1.165) is 6.54 Å². The van der Waals surface area contributed by atoms with Crippen LogP contribution in [0.4, 0.5) is 0 Å². The first-order valence-corrected chi connectivity index (χ1v) is 6.22. The predicted octanol–water partition coefficient (Wildman–Crippen LogP) is 1.50. The molecule has 1 saturated heterocycles. The smallest absolute Gasteiger partial charge is 0.225 e. The van der Waals surface area contributed by atoms with E-state index < -0.39 is 0 Å². The van der Waals surface area contributed by atoms with E-state index in [1.54, 1.807) is 0 Å². The van der Waals surface area contributed by atoms with E-state index in [0.29, 0.717) is 24.9 Å². The lowest BCUT2D eigenvalue weighted by atomic mass is 10.0. The lowest BCUT2D eigenvalue weighted by Crippen LogP contribution is -2.48. The van der Waals surface area contributed by atoms with Gasteiger partial charge in [-0.2, -0.15) is 0 Å². The molecule has 0 aromatic heterocycles. The van der Waals surface area contributed by atoms with Gasteiger partial charge in [0.15, 0.2) is 0 Å². The molecule has 15 heavy (non-hydrogen) atoms. The third kappa shape index (κ3) is 2.64. The second-order valence-corrected chi connectivity index (χ2v) is 4.87. The first-order valence-electron chi connectivity index (χ1n) is 5.68. The lowest BCUT2D eigenvalue weighted by Gasteiger charge is -2.33. The summed E-state index contributed by atoms with van der Waals surface area (Å²) in [5, 5.41) is 0. The van der Waals surface area contributed by atoms with Crippen LogP contribution in [0.3, 0.4) is 0 Å². The monoisotopic (exact) mass is 231 g/mol. The van der Waals surface area contributed by atoms with Gasteiger partial charge in [-0.15, -0.1) is 11.6 Å². The normalized spacial score (nSPS) is 28.9. The SMILES string of the molecule is CC(C(=O)N1CCOC(CCl)C1)C1CC1. The van der Waals surface area contributed by atoms with Gasteiger partial charge in [0.25, 0.3) is 0 Å². The fraction of sp³-hybridized carbons (Fsp3) is 0.909. The highest BCUT2D eigenvalue weighted by Gasteiger charge is 2.36. The molecule has 1 aliphatic heterocycles. The number of alkyl halides is 1. The van der Waals surface area contributed by atoms with Crippen molar-refractivity contribution in [2.45, 2.75) is 25.9 Å². The molecule has 2 fully saturated rings. The van der Waals surface area contributed by atoms with Gasteiger partial charge in [0.2, 0.25) is 5.91 Å². The van der Waals surface area contributed by atoms with E-state index in [1.807, 2.05) is 11.8 Å². The number of hydrogen-bond donors (Lipinski definition) is 0. The van der Waals surface area contributed by atoms with E-state index in [2.05, 4.69) is 0 Å². The number of rotatable bonds is 3. The summed E-state index contributed by atoms with van der Waals surface area (Å²) in [5.74, 6) is 1.59. The van der Waals surface area contributed by atoms with Gasteiger partial charge < -0.3 is 9.64 Å². The molecule has 1 amide bonds. The van der Waals surface area contributed by atoms with Crippen LogP contribution in [0.25, 0.3) is 0 Å². The molecular weight excluding hydrogens is 214 g/mol. The molecule has 86 valence electrons. The standard InChI is InChI=1S/C11H18ClNO2/c1-8(9-2-3-9)11(14)13-4-5-15-10(6-12)7-13/h8-10H,2-7H2,1H3. The summed E-state index contributed by atoms with van der Waals surface area (Å²) in [7, 11) is 0. The summed E-state index contributed by atoms with van der Waals surface area (Å²) in [4.78, 5) is 14.0. The second kappa shape index (κ2) is 4.71. The third-order valence-electron chi connectivity index (χ3n) is 3.34. The number of halogens is 1. The van der Waals surface area contributed by atoms with Crippen molar-refractivity contribution in [3.05, 3.63) is 0 Å². The number of amides is 1. The summed E-state index contributed by atoms with van der Waals surface area (Å²) < 4.78 is 5.44. The molecule has 4 heteroatoms. The van der Waals surface area contributed by atoms with Gasteiger partial charge in [0.1, 0.15) is 0 Å². The van der Waals surface area contributed by atoms with Crippen LogP contribution in [0.5, 0.6) is 0 Å². The first kappa shape index (κ1) is 11.2. The number of carbonyl (C=O) groups is 1. The molecule has 2 rings (SSSR count). The summed E-state index contributed by atoms with van der Waals surface area (Å²) in [6.07, 6.45) is 2.46. The molecule has 2 aliphatic rings. The Kier molecular flexibility index (Phi) is 3.52. The minimum Gasteiger partial charge on any atom is -0.373 e. The molecule has 0 spiro atoms. The van der Waals surface area contributed by atoms with Crippen LogP contribution >= 0.6 is 11.6 Å². The first-order chi connectivity index (χ1) is 7.22. The van der Waals surface area contributed by atoms with Crippen LogP contribution in [0.15, 0.2) is 0 Å². The van der Waals surface area contributed by atoms with Crippen molar-refractivity contribution in [2.75, 3.05) is 25.6 Å². The maximum atomic E-state index is 12.1. The molecule has 2 unspecified atom stereocenters. The Morgan fingerprint density at radius 2 is 2.33 bits per heavy atom. The van der Waals surface area contributed by atoms with E-state index in [-0.39, 0.29) is 17.9 Å². The second-order valence-electron chi connectivity index (χ2n) is 4.56. The van der Waals surface area contributed by atoms with E-state index >= 15 is 0 Å². The topological polar surface area (TPSA) is 29.5 Å². The molecule has 1 heterocycles. The zero-order chi connectivity index (χ0) is 10.8. The zero-order valence-corrected chi connectivity index (χ0v) is 9.87. The van der Waals surface area contributed by atoms with Crippen LogP contribution < -0.4 is 0 Å². The Bertz CT molecular complexity index is 243. The number of nitrogens with zero attached hydrogens (tertiary/aromatic N) is 1. The Hall–Kier alpha value is -0.280. The maximum Gasteiger partial charge on any atom is 0.225 e. The molecule has 1 saturated carbocycles. The molecular formula is C11H18ClNO2. The van der Waals surface area contributed by atoms with Gasteiger partial charge in [-0.1, -0.05) is 6.92 Å². The summed E-state index contributed by atoms with van der Waals surface area (Å²) in [6.45, 7) is 4.06. The van der Waals surface area contributed by atoms with Crippen molar-refractivity contribution >= 4 is 17.5 Å². The fourth-order valence-corrected chi connectivity index (χ4v) is 2.29.